The lowest BCUT2D eigenvalue weighted by Crippen LogP contribution is -2.50. The van der Waals surface area contributed by atoms with Gasteiger partial charge in [0.05, 0.1) is 27.9 Å². The van der Waals surface area contributed by atoms with Gasteiger partial charge in [-0.15, -0.1) is 0 Å². The van der Waals surface area contributed by atoms with Gasteiger partial charge >= 0.3 is 12.4 Å². The molecule has 3 heterocycles. The number of carbonyl (C=O) groups excluding carboxylic acids is 1. The number of alkyl halides is 6. The van der Waals surface area contributed by atoms with Gasteiger partial charge in [-0.3, -0.25) is 4.79 Å². The average Bonchev–Trinajstić information content (AvgIpc) is 3.30. The molecule has 1 aromatic carbocycles. The fourth-order valence-corrected chi connectivity index (χ4v) is 5.22. The summed E-state index contributed by atoms with van der Waals surface area (Å²) in [5.41, 5.74) is -3.44. The number of halogens is 6. The molecule has 0 radical (unpaired) electrons. The molecule has 226 valence electrons. The van der Waals surface area contributed by atoms with Crippen LogP contribution in [0, 0.1) is 18.3 Å². The molecule has 17 heteroatoms. The number of carbonyl (C=O) groups is 1. The first-order chi connectivity index (χ1) is 19.8. The molecule has 0 atom stereocenters. The lowest BCUT2D eigenvalue weighted by Gasteiger charge is -2.25. The molecule has 0 saturated carbocycles. The maximum atomic E-state index is 13.6. The molecule has 3 aromatic heterocycles. The lowest BCUT2D eigenvalue weighted by atomic mass is 10.0. The van der Waals surface area contributed by atoms with Crippen molar-refractivity contribution in [3.63, 3.8) is 0 Å². The molecule has 0 spiro atoms. The van der Waals surface area contributed by atoms with E-state index < -0.39 is 51.6 Å². The number of fused-ring (bicyclic) bond motifs is 1. The van der Waals surface area contributed by atoms with E-state index in [-0.39, 0.29) is 33.1 Å². The molecule has 0 saturated heterocycles. The summed E-state index contributed by atoms with van der Waals surface area (Å²) in [6.45, 7) is 2.56. The van der Waals surface area contributed by atoms with E-state index in [0.29, 0.717) is 16.2 Å². The second-order valence-corrected chi connectivity index (χ2v) is 11.7. The van der Waals surface area contributed by atoms with Crippen LogP contribution >= 0.6 is 0 Å². The zero-order valence-corrected chi connectivity index (χ0v) is 23.3. The second-order valence-electron chi connectivity index (χ2n) is 9.87. The summed E-state index contributed by atoms with van der Waals surface area (Å²) in [5.74, 6) is -1.47. The maximum Gasteiger partial charge on any atom is 0.417 e. The monoisotopic (exact) mass is 625 g/mol. The standard InChI is InChI=1S/C26H21F6N7O3S/c1-14-4-6-17(7-5-14)43(41,42)39-12-19(18-8-16(26(30,31)32)11-34-21(18)39)20-15(9-33)10-35-23(37-20)38-24(2,3)22(40)36-13-25(27,28)29/h4-8,10-12H,13H2,1-3H3,(H,36,40)(H,35,37,38). The van der Waals surface area contributed by atoms with Crippen LogP contribution in [0.5, 0.6) is 0 Å². The van der Waals surface area contributed by atoms with Gasteiger partial charge in [0.25, 0.3) is 10.0 Å². The van der Waals surface area contributed by atoms with E-state index in [4.69, 9.17) is 0 Å². The van der Waals surface area contributed by atoms with Crippen LogP contribution in [0.2, 0.25) is 0 Å². The van der Waals surface area contributed by atoms with Crippen molar-refractivity contribution in [3.8, 4) is 17.3 Å². The van der Waals surface area contributed by atoms with Gasteiger partial charge in [0, 0.05) is 23.3 Å². The summed E-state index contributed by atoms with van der Waals surface area (Å²) < 4.78 is 106. The Labute approximate surface area is 240 Å². The van der Waals surface area contributed by atoms with E-state index in [9.17, 15) is 44.8 Å². The number of hydrogen-bond acceptors (Lipinski definition) is 8. The topological polar surface area (TPSA) is 143 Å². The SMILES string of the molecule is Cc1ccc(S(=O)(=O)n2cc(-c3nc(NC(C)(C)C(=O)NCC(F)(F)F)ncc3C#N)c3cc(C(F)(F)F)cnc32)cc1. The van der Waals surface area contributed by atoms with E-state index in [1.54, 1.807) is 18.3 Å². The molecule has 0 unspecified atom stereocenters. The fourth-order valence-electron chi connectivity index (χ4n) is 3.90. The molecular formula is C26H21F6N7O3S. The molecule has 43 heavy (non-hydrogen) atoms. The Balaban J connectivity index is 1.89. The third-order valence-corrected chi connectivity index (χ3v) is 7.79. The van der Waals surface area contributed by atoms with Gasteiger partial charge in [-0.25, -0.2) is 27.3 Å². The third kappa shape index (κ3) is 6.53. The smallest absolute Gasteiger partial charge is 0.345 e. The number of pyridine rings is 1. The molecule has 0 aliphatic heterocycles. The highest BCUT2D eigenvalue weighted by Gasteiger charge is 2.35. The van der Waals surface area contributed by atoms with E-state index >= 15 is 0 Å². The minimum absolute atomic E-state index is 0.194. The molecule has 0 bridgehead atoms. The van der Waals surface area contributed by atoms with Crippen LogP contribution in [-0.4, -0.2) is 51.5 Å². The van der Waals surface area contributed by atoms with E-state index in [1.165, 1.54) is 38.1 Å². The number of aryl methyl sites for hydroxylation is 1. The van der Waals surface area contributed by atoms with Gasteiger partial charge in [-0.2, -0.15) is 31.6 Å². The van der Waals surface area contributed by atoms with Crippen molar-refractivity contribution in [3.05, 3.63) is 65.6 Å². The first-order valence-electron chi connectivity index (χ1n) is 12.1. The number of rotatable bonds is 7. The molecular weight excluding hydrogens is 604 g/mol. The summed E-state index contributed by atoms with van der Waals surface area (Å²) in [6, 6.07) is 8.10. The predicted octanol–water partition coefficient (Wildman–Crippen LogP) is 4.80. The van der Waals surface area contributed by atoms with Crippen LogP contribution in [0.25, 0.3) is 22.3 Å². The van der Waals surface area contributed by atoms with Crippen molar-refractivity contribution in [1.29, 1.82) is 5.26 Å². The minimum Gasteiger partial charge on any atom is -0.345 e. The molecule has 0 fully saturated rings. The number of anilines is 1. The number of amides is 1. The van der Waals surface area contributed by atoms with Gasteiger partial charge in [-0.05, 0) is 39.0 Å². The van der Waals surface area contributed by atoms with Crippen molar-refractivity contribution >= 4 is 32.9 Å². The first-order valence-corrected chi connectivity index (χ1v) is 13.6. The largest absolute Gasteiger partial charge is 0.417 e. The third-order valence-electron chi connectivity index (χ3n) is 6.12. The summed E-state index contributed by atoms with van der Waals surface area (Å²) in [4.78, 5) is 24.0. The Kier molecular flexibility index (Phi) is 7.87. The predicted molar refractivity (Wildman–Crippen MR) is 141 cm³/mol. The number of aromatic nitrogens is 4. The van der Waals surface area contributed by atoms with Crippen molar-refractivity contribution < 1.29 is 39.6 Å². The van der Waals surface area contributed by atoms with Crippen LogP contribution < -0.4 is 10.6 Å². The highest BCUT2D eigenvalue weighted by molar-refractivity contribution is 7.90. The van der Waals surface area contributed by atoms with Crippen LogP contribution in [0.15, 0.2) is 53.8 Å². The summed E-state index contributed by atoms with van der Waals surface area (Å²) in [7, 11) is -4.42. The summed E-state index contributed by atoms with van der Waals surface area (Å²) in [5, 5.41) is 13.6. The van der Waals surface area contributed by atoms with Crippen LogP contribution in [0.3, 0.4) is 0 Å². The average molecular weight is 626 g/mol. The summed E-state index contributed by atoms with van der Waals surface area (Å²) >= 11 is 0. The number of nitriles is 1. The molecule has 0 aliphatic rings. The molecule has 1 amide bonds. The highest BCUT2D eigenvalue weighted by Crippen LogP contribution is 2.37. The van der Waals surface area contributed by atoms with Gasteiger partial charge in [0.2, 0.25) is 11.9 Å². The van der Waals surface area contributed by atoms with Gasteiger partial charge in [-0.1, -0.05) is 17.7 Å². The highest BCUT2D eigenvalue weighted by atomic mass is 32.2. The zero-order valence-electron chi connectivity index (χ0n) is 22.5. The van der Waals surface area contributed by atoms with Crippen LogP contribution in [0.4, 0.5) is 32.3 Å². The second kappa shape index (κ2) is 10.8. The summed E-state index contributed by atoms with van der Waals surface area (Å²) in [6.07, 6.45) is -7.15. The van der Waals surface area contributed by atoms with Crippen molar-refractivity contribution in [1.82, 2.24) is 24.2 Å². The Morgan fingerprint density at radius 3 is 2.28 bits per heavy atom. The molecule has 10 nitrogen and oxygen atoms in total. The van der Waals surface area contributed by atoms with Crippen molar-refractivity contribution in [2.75, 3.05) is 11.9 Å². The van der Waals surface area contributed by atoms with E-state index in [1.807, 2.05) is 0 Å². The Morgan fingerprint density at radius 2 is 1.70 bits per heavy atom. The normalized spacial score (nSPS) is 12.7. The number of nitrogens with one attached hydrogen (secondary N) is 2. The van der Waals surface area contributed by atoms with E-state index in [0.717, 1.165) is 18.0 Å². The molecule has 0 aliphatic carbocycles. The number of nitrogens with zero attached hydrogens (tertiary/aromatic N) is 5. The fraction of sp³-hybridized carbons (Fsp3) is 0.269. The number of benzene rings is 1. The molecule has 2 N–H and O–H groups in total. The van der Waals surface area contributed by atoms with Crippen molar-refractivity contribution in [2.45, 2.75) is 43.6 Å². The lowest BCUT2D eigenvalue weighted by molar-refractivity contribution is -0.140. The quantitative estimate of drug-likeness (QED) is 0.279. The van der Waals surface area contributed by atoms with Gasteiger partial charge < -0.3 is 10.6 Å². The Hall–Kier alpha value is -4.72. The molecule has 4 rings (SSSR count). The molecule has 4 aromatic rings. The van der Waals surface area contributed by atoms with Crippen LogP contribution in [-0.2, 0) is 21.0 Å². The zero-order chi connectivity index (χ0) is 32.0. The number of hydrogen-bond donors (Lipinski definition) is 2. The minimum atomic E-state index is -4.86. The Morgan fingerprint density at radius 1 is 1.05 bits per heavy atom. The van der Waals surface area contributed by atoms with Crippen molar-refractivity contribution in [2.24, 2.45) is 0 Å². The maximum absolute atomic E-state index is 13.6. The van der Waals surface area contributed by atoms with E-state index in [2.05, 4.69) is 20.3 Å². The van der Waals surface area contributed by atoms with Crippen LogP contribution in [0.1, 0.15) is 30.5 Å². The Bertz CT molecular complexity index is 1860. The first kappa shape index (κ1) is 31.2. The van der Waals surface area contributed by atoms with Gasteiger partial charge in [0.15, 0.2) is 5.65 Å². The van der Waals surface area contributed by atoms with Gasteiger partial charge in [0.1, 0.15) is 18.2 Å².